The molecule has 1 aliphatic rings. The summed E-state index contributed by atoms with van der Waals surface area (Å²) in [6.07, 6.45) is 2.54. The number of carbonyl (C=O) groups is 1. The molecule has 3 N–H and O–H groups in total. The molecule has 1 heterocycles. The Morgan fingerprint density at radius 1 is 1.30 bits per heavy atom. The van der Waals surface area contributed by atoms with Crippen molar-refractivity contribution in [3.05, 3.63) is 24.3 Å². The number of anilines is 1. The van der Waals surface area contributed by atoms with Gasteiger partial charge in [0, 0.05) is 16.6 Å². The lowest BCUT2D eigenvalue weighted by atomic mass is 10.00. The highest BCUT2D eigenvalue weighted by atomic mass is 32.2. The third-order valence-electron chi connectivity index (χ3n) is 3.77. The number of hydrazine groups is 1. The molecule has 1 fully saturated rings. The monoisotopic (exact) mass is 359 g/mol. The zero-order valence-corrected chi connectivity index (χ0v) is 14.8. The number of thioether (sulfide) groups is 1. The molecule has 23 heavy (non-hydrogen) atoms. The van der Waals surface area contributed by atoms with Crippen LogP contribution in [0.25, 0.3) is 0 Å². The molecule has 128 valence electrons. The Morgan fingerprint density at radius 3 is 2.48 bits per heavy atom. The lowest BCUT2D eigenvalue weighted by Crippen LogP contribution is -2.44. The smallest absolute Gasteiger partial charge is 0.313 e. The largest absolute Gasteiger partial charge is 0.469 e. The first-order valence-electron chi connectivity index (χ1n) is 7.17. The SMILES string of the molecule is CCC1NNC(S(=O)(=O)Nc2ccc(SC)cc2)C1C(=O)OC. The van der Waals surface area contributed by atoms with Gasteiger partial charge in [-0.1, -0.05) is 6.92 Å². The van der Waals surface area contributed by atoms with Crippen molar-refractivity contribution in [2.24, 2.45) is 5.92 Å². The van der Waals surface area contributed by atoms with Crippen LogP contribution in [0.4, 0.5) is 5.69 Å². The van der Waals surface area contributed by atoms with Crippen LogP contribution in [0.5, 0.6) is 0 Å². The maximum atomic E-state index is 12.6. The van der Waals surface area contributed by atoms with Crippen LogP contribution in [0, 0.1) is 5.92 Å². The van der Waals surface area contributed by atoms with Crippen molar-refractivity contribution in [2.75, 3.05) is 18.1 Å². The van der Waals surface area contributed by atoms with Gasteiger partial charge in [-0.25, -0.2) is 13.8 Å². The van der Waals surface area contributed by atoms with Crippen LogP contribution < -0.4 is 15.6 Å². The number of rotatable bonds is 6. The van der Waals surface area contributed by atoms with Gasteiger partial charge in [-0.2, -0.15) is 0 Å². The number of nitrogens with one attached hydrogen (secondary N) is 3. The topological polar surface area (TPSA) is 96.5 Å². The van der Waals surface area contributed by atoms with Gasteiger partial charge >= 0.3 is 5.97 Å². The Hall–Kier alpha value is -1.29. The summed E-state index contributed by atoms with van der Waals surface area (Å²) in [6, 6.07) is 6.74. The second kappa shape index (κ2) is 7.52. The summed E-state index contributed by atoms with van der Waals surface area (Å²) in [4.78, 5) is 13.0. The number of methoxy groups -OCH3 is 1. The molecule has 0 bridgehead atoms. The van der Waals surface area contributed by atoms with Gasteiger partial charge in [0.15, 0.2) is 5.37 Å². The molecule has 0 amide bonds. The molecule has 2 rings (SSSR count). The van der Waals surface area contributed by atoms with Crippen LogP contribution in [0.3, 0.4) is 0 Å². The van der Waals surface area contributed by atoms with Gasteiger partial charge in [0.25, 0.3) is 10.0 Å². The van der Waals surface area contributed by atoms with Crippen LogP contribution >= 0.6 is 11.8 Å². The van der Waals surface area contributed by atoms with Crippen molar-refractivity contribution >= 4 is 33.4 Å². The lowest BCUT2D eigenvalue weighted by molar-refractivity contribution is -0.145. The fourth-order valence-corrected chi connectivity index (χ4v) is 4.43. The Morgan fingerprint density at radius 2 is 1.96 bits per heavy atom. The molecular weight excluding hydrogens is 338 g/mol. The zero-order valence-electron chi connectivity index (χ0n) is 13.2. The quantitative estimate of drug-likeness (QED) is 0.518. The molecule has 0 aliphatic carbocycles. The number of hydrogen-bond donors (Lipinski definition) is 3. The van der Waals surface area contributed by atoms with E-state index in [1.165, 1.54) is 7.11 Å². The predicted octanol–water partition coefficient (Wildman–Crippen LogP) is 1.15. The van der Waals surface area contributed by atoms with E-state index in [4.69, 9.17) is 4.74 Å². The molecule has 0 spiro atoms. The minimum absolute atomic E-state index is 0.303. The molecule has 1 aromatic carbocycles. The average molecular weight is 359 g/mol. The second-order valence-electron chi connectivity index (χ2n) is 5.15. The van der Waals surface area contributed by atoms with Crippen LogP contribution in [-0.2, 0) is 19.6 Å². The van der Waals surface area contributed by atoms with E-state index < -0.39 is 27.3 Å². The van der Waals surface area contributed by atoms with Crippen molar-refractivity contribution in [3.63, 3.8) is 0 Å². The molecule has 3 atom stereocenters. The highest BCUT2D eigenvalue weighted by molar-refractivity contribution is 7.98. The zero-order chi connectivity index (χ0) is 17.0. The van der Waals surface area contributed by atoms with Gasteiger partial charge in [-0.3, -0.25) is 14.9 Å². The van der Waals surface area contributed by atoms with E-state index in [2.05, 4.69) is 15.6 Å². The van der Waals surface area contributed by atoms with Crippen LogP contribution in [0.1, 0.15) is 13.3 Å². The van der Waals surface area contributed by atoms with Gasteiger partial charge < -0.3 is 4.74 Å². The number of benzene rings is 1. The summed E-state index contributed by atoms with van der Waals surface area (Å²) in [5.41, 5.74) is 6.01. The summed E-state index contributed by atoms with van der Waals surface area (Å²) in [5, 5.41) is -1.10. The Bertz CT molecular complexity index is 648. The number of carbonyl (C=O) groups excluding carboxylic acids is 1. The predicted molar refractivity (Wildman–Crippen MR) is 90.4 cm³/mol. The van der Waals surface area contributed by atoms with E-state index in [0.717, 1.165) is 4.90 Å². The van der Waals surface area contributed by atoms with E-state index in [0.29, 0.717) is 12.1 Å². The molecule has 0 saturated carbocycles. The molecule has 3 unspecified atom stereocenters. The second-order valence-corrected chi connectivity index (χ2v) is 7.83. The molecular formula is C14H21N3O4S2. The molecule has 1 saturated heterocycles. The number of hydrogen-bond acceptors (Lipinski definition) is 7. The number of esters is 1. The maximum absolute atomic E-state index is 12.6. The third-order valence-corrected chi connectivity index (χ3v) is 6.11. The standard InChI is InChI=1S/C14H21N3O4S2/c1-4-11-12(14(18)21-2)13(16-15-11)23(19,20)17-9-5-7-10(22-3)8-6-9/h5-8,11-13,15-17H,4H2,1-3H3. The summed E-state index contributed by atoms with van der Waals surface area (Å²) in [6.45, 7) is 1.87. The van der Waals surface area contributed by atoms with Crippen LogP contribution in [0.15, 0.2) is 29.2 Å². The van der Waals surface area contributed by atoms with Crippen molar-refractivity contribution in [1.29, 1.82) is 0 Å². The molecule has 0 aromatic heterocycles. The summed E-state index contributed by atoms with van der Waals surface area (Å²) >= 11 is 1.57. The molecule has 0 radical (unpaired) electrons. The molecule has 7 nitrogen and oxygen atoms in total. The summed E-state index contributed by atoms with van der Waals surface area (Å²) < 4.78 is 32.5. The van der Waals surface area contributed by atoms with Crippen molar-refractivity contribution in [1.82, 2.24) is 10.9 Å². The normalized spacial score (nSPS) is 24.4. The third kappa shape index (κ3) is 3.97. The summed E-state index contributed by atoms with van der Waals surface area (Å²) in [5.74, 6) is -1.37. The van der Waals surface area contributed by atoms with Crippen molar-refractivity contribution < 1.29 is 17.9 Å². The van der Waals surface area contributed by atoms with Crippen molar-refractivity contribution in [2.45, 2.75) is 29.7 Å². The van der Waals surface area contributed by atoms with Gasteiger partial charge in [0.05, 0.1) is 7.11 Å². The number of sulfonamides is 1. The first-order valence-corrected chi connectivity index (χ1v) is 9.94. The molecule has 1 aromatic rings. The van der Waals surface area contributed by atoms with E-state index in [-0.39, 0.29) is 6.04 Å². The van der Waals surface area contributed by atoms with Gasteiger partial charge in [-0.05, 0) is 36.9 Å². The molecule has 9 heteroatoms. The fraction of sp³-hybridized carbons (Fsp3) is 0.500. The van der Waals surface area contributed by atoms with Gasteiger partial charge in [-0.15, -0.1) is 11.8 Å². The van der Waals surface area contributed by atoms with E-state index in [9.17, 15) is 13.2 Å². The van der Waals surface area contributed by atoms with Gasteiger partial charge in [0.2, 0.25) is 0 Å². The first-order chi connectivity index (χ1) is 10.9. The minimum Gasteiger partial charge on any atom is -0.469 e. The highest BCUT2D eigenvalue weighted by Gasteiger charge is 2.47. The number of ether oxygens (including phenoxy) is 1. The minimum atomic E-state index is -3.81. The van der Waals surface area contributed by atoms with E-state index in [1.807, 2.05) is 25.3 Å². The Kier molecular flexibility index (Phi) is 5.90. The maximum Gasteiger partial charge on any atom is 0.313 e. The average Bonchev–Trinajstić information content (AvgIpc) is 2.99. The highest BCUT2D eigenvalue weighted by Crippen LogP contribution is 2.25. The molecule has 1 aliphatic heterocycles. The van der Waals surface area contributed by atoms with Crippen LogP contribution in [-0.4, -0.2) is 39.2 Å². The van der Waals surface area contributed by atoms with Gasteiger partial charge in [0.1, 0.15) is 5.92 Å². The van der Waals surface area contributed by atoms with E-state index >= 15 is 0 Å². The first kappa shape index (κ1) is 18.1. The Balaban J connectivity index is 2.21. The fourth-order valence-electron chi connectivity index (χ4n) is 2.52. The Labute approximate surface area is 140 Å². The summed E-state index contributed by atoms with van der Waals surface area (Å²) in [7, 11) is -2.56. The van der Waals surface area contributed by atoms with E-state index in [1.54, 1.807) is 23.9 Å². The van der Waals surface area contributed by atoms with Crippen LogP contribution in [0.2, 0.25) is 0 Å². The lowest BCUT2D eigenvalue weighted by Gasteiger charge is -2.20. The van der Waals surface area contributed by atoms with Crippen molar-refractivity contribution in [3.8, 4) is 0 Å².